The number of nitrogens with zero attached hydrogens (tertiary/aromatic N) is 1. The molecule has 0 radical (unpaired) electrons. The molecule has 1 aromatic carbocycles. The second-order valence-electron chi connectivity index (χ2n) is 3.10. The number of halogens is 3. The largest absolute Gasteiger partial charge is 0.384 e. The predicted octanol–water partition coefficient (Wildman–Crippen LogP) is 3.10. The molecule has 1 aliphatic heterocycles. The van der Waals surface area contributed by atoms with E-state index in [1.807, 2.05) is 23.2 Å². The average molecular weight is 398 g/mol. The van der Waals surface area contributed by atoms with E-state index in [4.69, 9.17) is 5.73 Å². The third-order valence-electron chi connectivity index (χ3n) is 2.04. The van der Waals surface area contributed by atoms with E-state index in [1.165, 1.54) is 0 Å². The molecule has 0 aromatic heterocycles. The van der Waals surface area contributed by atoms with E-state index < -0.39 is 0 Å². The lowest BCUT2D eigenvalue weighted by Gasteiger charge is -2.21. The first-order valence-corrected chi connectivity index (χ1v) is 6.60. The minimum atomic E-state index is 0.681. The van der Waals surface area contributed by atoms with Crippen molar-refractivity contribution < 1.29 is 0 Å². The van der Waals surface area contributed by atoms with Crippen molar-refractivity contribution in [2.75, 3.05) is 11.6 Å². The van der Waals surface area contributed by atoms with Crippen LogP contribution in [-0.2, 0) is 0 Å². The number of nitrogens with one attached hydrogen (secondary N) is 1. The van der Waals surface area contributed by atoms with Crippen LogP contribution in [-0.4, -0.2) is 6.54 Å². The Labute approximate surface area is 113 Å². The van der Waals surface area contributed by atoms with Gasteiger partial charge in [0.1, 0.15) is 5.82 Å². The lowest BCUT2D eigenvalue weighted by Crippen LogP contribution is -2.34. The number of rotatable bonds is 1. The molecule has 1 heterocycles. The van der Waals surface area contributed by atoms with Crippen LogP contribution in [0.4, 0.5) is 5.69 Å². The number of hydrazine groups is 1. The van der Waals surface area contributed by atoms with Gasteiger partial charge in [0.05, 0.1) is 12.2 Å². The summed E-state index contributed by atoms with van der Waals surface area (Å²) in [5.74, 6) is 0.681. The Morgan fingerprint density at radius 1 is 1.13 bits per heavy atom. The number of anilines is 1. The van der Waals surface area contributed by atoms with Gasteiger partial charge in [0.2, 0.25) is 0 Å². The maximum absolute atomic E-state index is 5.65. The minimum absolute atomic E-state index is 0.681. The zero-order valence-electron chi connectivity index (χ0n) is 7.60. The Kier molecular flexibility index (Phi) is 3.27. The van der Waals surface area contributed by atoms with Gasteiger partial charge in [-0.3, -0.25) is 10.4 Å². The zero-order chi connectivity index (χ0) is 11.0. The van der Waals surface area contributed by atoms with Crippen molar-refractivity contribution in [2.45, 2.75) is 0 Å². The van der Waals surface area contributed by atoms with Gasteiger partial charge in [-0.2, -0.15) is 0 Å². The summed E-state index contributed by atoms with van der Waals surface area (Å²) in [5.41, 5.74) is 9.76. The molecular weight excluding hydrogens is 390 g/mol. The molecule has 2 rings (SSSR count). The molecule has 0 fully saturated rings. The first kappa shape index (κ1) is 11.3. The van der Waals surface area contributed by atoms with Crippen LogP contribution in [0, 0.1) is 0 Å². The molecule has 0 saturated heterocycles. The van der Waals surface area contributed by atoms with Crippen molar-refractivity contribution in [1.82, 2.24) is 5.43 Å². The summed E-state index contributed by atoms with van der Waals surface area (Å²) in [5, 5.41) is 1.97. The highest BCUT2D eigenvalue weighted by Gasteiger charge is 2.15. The molecule has 3 nitrogen and oxygen atoms in total. The molecule has 0 amide bonds. The van der Waals surface area contributed by atoms with Gasteiger partial charge in [0, 0.05) is 13.4 Å². The van der Waals surface area contributed by atoms with Crippen LogP contribution in [0.3, 0.4) is 0 Å². The lowest BCUT2D eigenvalue weighted by molar-refractivity contribution is 0.795. The second kappa shape index (κ2) is 4.35. The molecule has 1 aromatic rings. The Balaban J connectivity index is 2.33. The molecule has 15 heavy (non-hydrogen) atoms. The molecule has 0 spiro atoms. The molecule has 1 aliphatic rings. The molecule has 0 saturated carbocycles. The lowest BCUT2D eigenvalue weighted by atomic mass is 10.3. The van der Waals surface area contributed by atoms with E-state index >= 15 is 0 Å². The van der Waals surface area contributed by atoms with Crippen molar-refractivity contribution in [3.8, 4) is 0 Å². The monoisotopic (exact) mass is 395 g/mol. The fourth-order valence-corrected chi connectivity index (χ4v) is 2.85. The highest BCUT2D eigenvalue weighted by molar-refractivity contribution is 9.13. The fraction of sp³-hybridized carbons (Fsp3) is 0.111. The standard InChI is InChI=1S/C9H8Br3N3/c10-5-3-7(12)8(4-6(5)11)15-2-1-9(13)14-15/h1,3-4,14H,2,13H2. The molecule has 80 valence electrons. The zero-order valence-corrected chi connectivity index (χ0v) is 12.4. The van der Waals surface area contributed by atoms with Crippen LogP contribution < -0.4 is 16.2 Å². The molecule has 0 aliphatic carbocycles. The number of hydrogen-bond acceptors (Lipinski definition) is 3. The first-order chi connectivity index (χ1) is 7.08. The van der Waals surface area contributed by atoms with Crippen LogP contribution >= 0.6 is 47.8 Å². The minimum Gasteiger partial charge on any atom is -0.384 e. The Morgan fingerprint density at radius 2 is 1.80 bits per heavy atom. The molecular formula is C9H8Br3N3. The number of hydrogen-bond donors (Lipinski definition) is 2. The van der Waals surface area contributed by atoms with Gasteiger partial charge in [-0.05, 0) is 66.0 Å². The SMILES string of the molecule is NC1=CCN(c2cc(Br)c(Br)cc2Br)N1. The van der Waals surface area contributed by atoms with Crippen molar-refractivity contribution in [3.63, 3.8) is 0 Å². The first-order valence-electron chi connectivity index (χ1n) is 4.22. The Bertz CT molecular complexity index is 431. The molecule has 0 bridgehead atoms. The predicted molar refractivity (Wildman–Crippen MR) is 72.3 cm³/mol. The van der Waals surface area contributed by atoms with E-state index in [-0.39, 0.29) is 0 Å². The molecule has 0 atom stereocenters. The van der Waals surface area contributed by atoms with Crippen molar-refractivity contribution in [2.24, 2.45) is 5.73 Å². The van der Waals surface area contributed by atoms with Gasteiger partial charge >= 0.3 is 0 Å². The van der Waals surface area contributed by atoms with Crippen molar-refractivity contribution in [3.05, 3.63) is 37.4 Å². The van der Waals surface area contributed by atoms with Crippen molar-refractivity contribution in [1.29, 1.82) is 0 Å². The van der Waals surface area contributed by atoms with E-state index in [9.17, 15) is 0 Å². The van der Waals surface area contributed by atoms with Crippen LogP contribution in [0.1, 0.15) is 0 Å². The molecule has 0 unspecified atom stereocenters. The second-order valence-corrected chi connectivity index (χ2v) is 5.66. The van der Waals surface area contributed by atoms with Crippen LogP contribution in [0.25, 0.3) is 0 Å². The van der Waals surface area contributed by atoms with Gasteiger partial charge in [0.25, 0.3) is 0 Å². The highest BCUT2D eigenvalue weighted by Crippen LogP contribution is 2.35. The maximum Gasteiger partial charge on any atom is 0.113 e. The quantitative estimate of drug-likeness (QED) is 0.715. The van der Waals surface area contributed by atoms with Crippen molar-refractivity contribution >= 4 is 53.5 Å². The van der Waals surface area contributed by atoms with Crippen LogP contribution in [0.15, 0.2) is 37.4 Å². The maximum atomic E-state index is 5.65. The van der Waals surface area contributed by atoms with Gasteiger partial charge in [-0.15, -0.1) is 0 Å². The third-order valence-corrected chi connectivity index (χ3v) is 4.52. The summed E-state index contributed by atoms with van der Waals surface area (Å²) in [6.45, 7) is 0.762. The van der Waals surface area contributed by atoms with E-state index in [0.717, 1.165) is 25.7 Å². The summed E-state index contributed by atoms with van der Waals surface area (Å²) >= 11 is 10.4. The van der Waals surface area contributed by atoms with Gasteiger partial charge in [-0.1, -0.05) is 0 Å². The summed E-state index contributed by atoms with van der Waals surface area (Å²) in [6.07, 6.45) is 1.93. The molecule has 3 N–H and O–H groups in total. The van der Waals surface area contributed by atoms with Gasteiger partial charge in [-0.25, -0.2) is 0 Å². The summed E-state index contributed by atoms with van der Waals surface area (Å²) in [4.78, 5) is 0. The normalized spacial score (nSPS) is 15.1. The van der Waals surface area contributed by atoms with E-state index in [2.05, 4.69) is 53.2 Å². The summed E-state index contributed by atoms with van der Waals surface area (Å²) < 4.78 is 3.03. The summed E-state index contributed by atoms with van der Waals surface area (Å²) in [6, 6.07) is 4.02. The Morgan fingerprint density at radius 3 is 2.40 bits per heavy atom. The van der Waals surface area contributed by atoms with Gasteiger partial charge < -0.3 is 5.73 Å². The van der Waals surface area contributed by atoms with Gasteiger partial charge in [0.15, 0.2) is 0 Å². The topological polar surface area (TPSA) is 41.3 Å². The van der Waals surface area contributed by atoms with Crippen LogP contribution in [0.5, 0.6) is 0 Å². The van der Waals surface area contributed by atoms with E-state index in [1.54, 1.807) is 0 Å². The number of benzene rings is 1. The molecule has 6 heteroatoms. The number of nitrogens with two attached hydrogens (primary N) is 1. The summed E-state index contributed by atoms with van der Waals surface area (Å²) in [7, 11) is 0. The smallest absolute Gasteiger partial charge is 0.113 e. The highest BCUT2D eigenvalue weighted by atomic mass is 79.9. The van der Waals surface area contributed by atoms with Crippen LogP contribution in [0.2, 0.25) is 0 Å². The van der Waals surface area contributed by atoms with E-state index in [0.29, 0.717) is 5.82 Å². The fourth-order valence-electron chi connectivity index (χ4n) is 1.31. The third kappa shape index (κ3) is 2.32. The Hall–Kier alpha value is -0.200. The average Bonchev–Trinajstić information content (AvgIpc) is 2.58.